The molecule has 2 aliphatic rings. The van der Waals surface area contributed by atoms with Gasteiger partial charge in [0.05, 0.1) is 11.1 Å². The fraction of sp³-hybridized carbons (Fsp3) is 0.143. The second-order valence-corrected chi connectivity index (χ2v) is 6.25. The lowest BCUT2D eigenvalue weighted by molar-refractivity contribution is 0.499. The molecule has 2 aliphatic heterocycles. The second kappa shape index (κ2) is 4.08. The summed E-state index contributed by atoms with van der Waals surface area (Å²) >= 11 is 0. The highest BCUT2D eigenvalue weighted by Gasteiger charge is 2.89. The van der Waals surface area contributed by atoms with Crippen LogP contribution in [-0.4, -0.2) is 11.4 Å². The zero-order valence-electron chi connectivity index (χ0n) is 12.3. The van der Waals surface area contributed by atoms with Crippen molar-refractivity contribution in [2.45, 2.75) is 11.1 Å². The smallest absolute Gasteiger partial charge is 0.0967 e. The third-order valence-electron chi connectivity index (χ3n) is 5.33. The van der Waals surface area contributed by atoms with Gasteiger partial charge in [-0.05, 0) is 16.7 Å². The van der Waals surface area contributed by atoms with Crippen molar-refractivity contribution in [2.24, 2.45) is 0 Å². The molecule has 2 fully saturated rings. The number of nitrogens with zero attached hydrogens (tertiary/aromatic N) is 1. The van der Waals surface area contributed by atoms with E-state index in [1.807, 2.05) is 0 Å². The molecule has 0 radical (unpaired) electrons. The fourth-order valence-electron chi connectivity index (χ4n) is 4.29. The minimum absolute atomic E-state index is 0.0247. The number of rotatable bonds is 3. The molecule has 1 nitrogen and oxygen atoms in total. The van der Waals surface area contributed by atoms with Gasteiger partial charge in [-0.15, -0.1) is 0 Å². The van der Waals surface area contributed by atoms with Gasteiger partial charge in [-0.2, -0.15) is 0 Å². The topological polar surface area (TPSA) is 3.01 Å². The van der Waals surface area contributed by atoms with E-state index >= 15 is 0 Å². The standard InChI is InChI=1S/C21H17N/c1-4-10-17(11-5-1)20-16-22(20)21(20,18-12-6-2-7-13-18)19-14-8-3-9-15-19/h1-15H,16H2. The second-order valence-electron chi connectivity index (χ2n) is 6.25. The average molecular weight is 283 g/mol. The molecule has 0 aliphatic carbocycles. The molecular weight excluding hydrogens is 266 g/mol. The normalized spacial score (nSPS) is 27.0. The predicted molar refractivity (Wildman–Crippen MR) is 88.5 cm³/mol. The van der Waals surface area contributed by atoms with Gasteiger partial charge in [0, 0.05) is 6.54 Å². The van der Waals surface area contributed by atoms with E-state index in [2.05, 4.69) is 95.9 Å². The number of benzene rings is 3. The molecule has 0 spiro atoms. The molecule has 0 N–H and O–H groups in total. The summed E-state index contributed by atoms with van der Waals surface area (Å²) in [7, 11) is 0. The van der Waals surface area contributed by atoms with Crippen LogP contribution in [0.15, 0.2) is 91.0 Å². The van der Waals surface area contributed by atoms with Crippen molar-refractivity contribution < 1.29 is 0 Å². The van der Waals surface area contributed by atoms with Crippen LogP contribution < -0.4 is 0 Å². The maximum atomic E-state index is 2.61. The van der Waals surface area contributed by atoms with E-state index in [9.17, 15) is 0 Å². The van der Waals surface area contributed by atoms with Gasteiger partial charge in [0.2, 0.25) is 0 Å². The van der Waals surface area contributed by atoms with E-state index in [0.717, 1.165) is 6.54 Å². The molecule has 2 unspecified atom stereocenters. The first-order valence-electron chi connectivity index (χ1n) is 7.85. The van der Waals surface area contributed by atoms with Crippen LogP contribution in [0.4, 0.5) is 0 Å². The van der Waals surface area contributed by atoms with Crippen LogP contribution in [-0.2, 0) is 11.1 Å². The van der Waals surface area contributed by atoms with Crippen LogP contribution in [0.25, 0.3) is 0 Å². The summed E-state index contributed by atoms with van der Waals surface area (Å²) in [5, 5.41) is 0. The van der Waals surface area contributed by atoms with Crippen LogP contribution in [0.3, 0.4) is 0 Å². The molecular formula is C21H17N. The minimum atomic E-state index is 0.0247. The van der Waals surface area contributed by atoms with Gasteiger partial charge in [-0.1, -0.05) is 91.0 Å². The average Bonchev–Trinajstić information content (AvgIpc) is 3.48. The summed E-state index contributed by atoms with van der Waals surface area (Å²) < 4.78 is 0. The van der Waals surface area contributed by atoms with Crippen molar-refractivity contribution in [3.05, 3.63) is 108 Å². The Morgan fingerprint density at radius 3 is 1.36 bits per heavy atom. The number of hydrogen-bond donors (Lipinski definition) is 0. The van der Waals surface area contributed by atoms with Crippen molar-refractivity contribution in [3.63, 3.8) is 0 Å². The number of fused-ring (bicyclic) bond motifs is 1. The SMILES string of the molecule is c1ccc(C23CN2C3(c2ccccc2)c2ccccc2)cc1. The van der Waals surface area contributed by atoms with E-state index in [4.69, 9.17) is 0 Å². The molecule has 0 bridgehead atoms. The fourth-order valence-corrected chi connectivity index (χ4v) is 4.29. The Balaban J connectivity index is 1.72. The molecule has 2 heterocycles. The Kier molecular flexibility index (Phi) is 2.26. The molecule has 22 heavy (non-hydrogen) atoms. The van der Waals surface area contributed by atoms with Gasteiger partial charge in [0.25, 0.3) is 0 Å². The maximum Gasteiger partial charge on any atom is 0.0967 e. The van der Waals surface area contributed by atoms with Crippen molar-refractivity contribution in [3.8, 4) is 0 Å². The molecule has 106 valence electrons. The van der Waals surface area contributed by atoms with Crippen LogP contribution in [0.1, 0.15) is 16.7 Å². The summed E-state index contributed by atoms with van der Waals surface area (Å²) in [5.41, 5.74) is 4.42. The predicted octanol–water partition coefficient (Wildman–Crippen LogP) is 4.15. The third-order valence-corrected chi connectivity index (χ3v) is 5.33. The highest BCUT2D eigenvalue weighted by molar-refractivity contribution is 5.63. The molecule has 5 rings (SSSR count). The molecule has 3 aromatic carbocycles. The van der Waals surface area contributed by atoms with Gasteiger partial charge >= 0.3 is 0 Å². The summed E-state index contributed by atoms with van der Waals surface area (Å²) in [6.07, 6.45) is 0. The Morgan fingerprint density at radius 1 is 0.545 bits per heavy atom. The van der Waals surface area contributed by atoms with Crippen molar-refractivity contribution >= 4 is 0 Å². The molecule has 1 heteroatoms. The van der Waals surface area contributed by atoms with E-state index in [1.54, 1.807) is 0 Å². The molecule has 2 atom stereocenters. The third kappa shape index (κ3) is 1.28. The van der Waals surface area contributed by atoms with E-state index < -0.39 is 0 Å². The van der Waals surface area contributed by atoms with E-state index in [1.165, 1.54) is 16.7 Å². The Morgan fingerprint density at radius 2 is 0.955 bits per heavy atom. The lowest BCUT2D eigenvalue weighted by Gasteiger charge is -2.26. The Bertz CT molecular complexity index is 771. The Hall–Kier alpha value is -2.38. The monoisotopic (exact) mass is 283 g/mol. The highest BCUT2D eigenvalue weighted by Crippen LogP contribution is 2.79. The Labute approximate surface area is 130 Å². The van der Waals surface area contributed by atoms with Gasteiger partial charge in [0.15, 0.2) is 0 Å². The van der Waals surface area contributed by atoms with Crippen molar-refractivity contribution in [1.82, 2.24) is 4.90 Å². The number of hydrogen-bond acceptors (Lipinski definition) is 1. The van der Waals surface area contributed by atoms with E-state index in [0.29, 0.717) is 0 Å². The lowest BCUT2D eigenvalue weighted by Crippen LogP contribution is -2.30. The summed E-state index contributed by atoms with van der Waals surface area (Å²) in [5.74, 6) is 0. The van der Waals surface area contributed by atoms with Gasteiger partial charge in [-0.3, -0.25) is 4.90 Å². The van der Waals surface area contributed by atoms with Crippen LogP contribution in [0, 0.1) is 0 Å². The van der Waals surface area contributed by atoms with Crippen LogP contribution >= 0.6 is 0 Å². The van der Waals surface area contributed by atoms with E-state index in [-0.39, 0.29) is 11.1 Å². The highest BCUT2D eigenvalue weighted by atomic mass is 15.6. The van der Waals surface area contributed by atoms with Crippen molar-refractivity contribution in [1.29, 1.82) is 0 Å². The summed E-state index contributed by atoms with van der Waals surface area (Å²) in [4.78, 5) is 2.61. The molecule has 0 aromatic heterocycles. The zero-order valence-corrected chi connectivity index (χ0v) is 12.3. The van der Waals surface area contributed by atoms with Gasteiger partial charge < -0.3 is 0 Å². The minimum Gasteiger partial charge on any atom is -0.272 e. The molecule has 0 amide bonds. The van der Waals surface area contributed by atoms with Crippen molar-refractivity contribution in [2.75, 3.05) is 6.54 Å². The first-order chi connectivity index (χ1) is 10.9. The molecule has 3 aromatic rings. The van der Waals surface area contributed by atoms with Crippen LogP contribution in [0.2, 0.25) is 0 Å². The van der Waals surface area contributed by atoms with Crippen LogP contribution in [0.5, 0.6) is 0 Å². The van der Waals surface area contributed by atoms with Gasteiger partial charge in [0.1, 0.15) is 0 Å². The quantitative estimate of drug-likeness (QED) is 0.652. The molecule has 2 saturated heterocycles. The summed E-state index contributed by atoms with van der Waals surface area (Å²) in [6.45, 7) is 1.15. The lowest BCUT2D eigenvalue weighted by atomic mass is 9.76. The largest absolute Gasteiger partial charge is 0.272 e. The zero-order chi connectivity index (χ0) is 14.6. The summed E-state index contributed by atoms with van der Waals surface area (Å²) in [6, 6.07) is 32.8. The first kappa shape index (κ1) is 12.2. The first-order valence-corrected chi connectivity index (χ1v) is 7.85. The maximum absolute atomic E-state index is 2.61. The van der Waals surface area contributed by atoms with Gasteiger partial charge in [-0.25, -0.2) is 0 Å². The molecule has 0 saturated carbocycles.